The fraction of sp³-hybridized carbons (Fsp3) is 0.571. The van der Waals surface area contributed by atoms with Gasteiger partial charge in [-0.1, -0.05) is 30.3 Å². The van der Waals surface area contributed by atoms with Gasteiger partial charge in [0, 0.05) is 36.3 Å². The fourth-order valence-corrected chi connectivity index (χ4v) is 5.43. The van der Waals surface area contributed by atoms with E-state index in [-0.39, 0.29) is 19.3 Å². The minimum Gasteiger partial charge on any atom is -0.394 e. The maximum absolute atomic E-state index is 10.6. The quantitative estimate of drug-likeness (QED) is 0.738. The van der Waals surface area contributed by atoms with Crippen molar-refractivity contribution < 1.29 is 10.2 Å². The Hall–Kier alpha value is -1.73. The van der Waals surface area contributed by atoms with Crippen molar-refractivity contribution >= 4 is 0 Å². The van der Waals surface area contributed by atoms with Crippen LogP contribution in [0.4, 0.5) is 0 Å². The van der Waals surface area contributed by atoms with Gasteiger partial charge < -0.3 is 15.1 Å². The van der Waals surface area contributed by atoms with Gasteiger partial charge in [0.1, 0.15) is 0 Å². The van der Waals surface area contributed by atoms with E-state index in [4.69, 9.17) is 0 Å². The lowest BCUT2D eigenvalue weighted by Crippen LogP contribution is -2.47. The molecule has 0 spiro atoms. The number of aliphatic hydroxyl groups excluding tert-OH is 2. The summed E-state index contributed by atoms with van der Waals surface area (Å²) < 4.78 is 1.90. The van der Waals surface area contributed by atoms with Crippen LogP contribution in [0.2, 0.25) is 0 Å². The number of rotatable bonds is 5. The molecule has 0 aliphatic carbocycles. The highest BCUT2D eigenvalue weighted by Crippen LogP contribution is 2.52. The smallest absolute Gasteiger partial charge is 0.0718 e. The SMILES string of the molecule is Cc1nn(CCO)c(C)c1[C@@H]1N[C@@](CO)(c2ccccc2)[C@@H]2CN(C)C[C@@H]21. The van der Waals surface area contributed by atoms with Crippen molar-refractivity contribution in [1.29, 1.82) is 0 Å². The van der Waals surface area contributed by atoms with E-state index in [1.807, 2.05) is 29.8 Å². The Balaban J connectivity index is 1.80. The number of hydrogen-bond donors (Lipinski definition) is 3. The van der Waals surface area contributed by atoms with Crippen molar-refractivity contribution in [3.8, 4) is 0 Å². The molecule has 3 heterocycles. The Morgan fingerprint density at radius 2 is 1.93 bits per heavy atom. The van der Waals surface area contributed by atoms with Gasteiger partial charge >= 0.3 is 0 Å². The molecule has 2 aromatic rings. The van der Waals surface area contributed by atoms with Gasteiger partial charge in [-0.05, 0) is 32.4 Å². The van der Waals surface area contributed by atoms with Crippen LogP contribution in [0, 0.1) is 25.7 Å². The van der Waals surface area contributed by atoms with Crippen LogP contribution in [-0.4, -0.2) is 58.2 Å². The number of fused-ring (bicyclic) bond motifs is 1. The molecule has 0 radical (unpaired) electrons. The van der Waals surface area contributed by atoms with Gasteiger partial charge in [-0.25, -0.2) is 0 Å². The van der Waals surface area contributed by atoms with E-state index in [0.717, 1.165) is 30.0 Å². The van der Waals surface area contributed by atoms with E-state index >= 15 is 0 Å². The van der Waals surface area contributed by atoms with Gasteiger partial charge in [-0.3, -0.25) is 10.00 Å². The summed E-state index contributed by atoms with van der Waals surface area (Å²) in [4.78, 5) is 2.37. The summed E-state index contributed by atoms with van der Waals surface area (Å²) in [7, 11) is 2.16. The standard InChI is InChI=1S/C21H30N4O2/c1-14-19(15(2)25(23-14)9-10-26)20-17-11-24(3)12-18(17)21(13-27,22-20)16-7-5-4-6-8-16/h4-8,17-18,20,22,26-27H,9-13H2,1-3H3/t17-,18+,20+,21-/m0/s1. The third kappa shape index (κ3) is 2.83. The molecular formula is C21H30N4O2. The molecule has 27 heavy (non-hydrogen) atoms. The van der Waals surface area contributed by atoms with E-state index in [0.29, 0.717) is 18.4 Å². The molecule has 4 rings (SSSR count). The molecule has 2 fully saturated rings. The van der Waals surface area contributed by atoms with Crippen LogP contribution in [0.25, 0.3) is 0 Å². The largest absolute Gasteiger partial charge is 0.394 e. The summed E-state index contributed by atoms with van der Waals surface area (Å²) in [5, 5.41) is 28.4. The van der Waals surface area contributed by atoms with Crippen molar-refractivity contribution in [3.05, 3.63) is 52.8 Å². The number of aliphatic hydroxyl groups is 2. The van der Waals surface area contributed by atoms with E-state index in [2.05, 4.69) is 41.4 Å². The molecule has 2 aliphatic rings. The van der Waals surface area contributed by atoms with Crippen LogP contribution in [-0.2, 0) is 12.1 Å². The normalized spacial score (nSPS) is 30.8. The van der Waals surface area contributed by atoms with Crippen LogP contribution in [0.3, 0.4) is 0 Å². The highest BCUT2D eigenvalue weighted by molar-refractivity contribution is 5.37. The second kappa shape index (κ2) is 7.02. The minimum absolute atomic E-state index is 0.0748. The average molecular weight is 370 g/mol. The van der Waals surface area contributed by atoms with Gasteiger partial charge in [0.15, 0.2) is 0 Å². The first-order valence-corrected chi connectivity index (χ1v) is 9.79. The predicted molar refractivity (Wildman–Crippen MR) is 104 cm³/mol. The Bertz CT molecular complexity index is 806. The van der Waals surface area contributed by atoms with Gasteiger partial charge in [0.05, 0.1) is 31.0 Å². The molecular weight excluding hydrogens is 340 g/mol. The second-order valence-corrected chi connectivity index (χ2v) is 8.14. The highest BCUT2D eigenvalue weighted by atomic mass is 16.3. The van der Waals surface area contributed by atoms with Gasteiger partial charge in [-0.15, -0.1) is 0 Å². The lowest BCUT2D eigenvalue weighted by molar-refractivity contribution is 0.129. The molecule has 6 nitrogen and oxygen atoms in total. The molecule has 0 unspecified atom stereocenters. The summed E-state index contributed by atoms with van der Waals surface area (Å²) in [5.74, 6) is 0.742. The third-order valence-corrected chi connectivity index (χ3v) is 6.62. The van der Waals surface area contributed by atoms with Gasteiger partial charge in [-0.2, -0.15) is 5.10 Å². The van der Waals surface area contributed by atoms with Crippen LogP contribution in [0.15, 0.2) is 30.3 Å². The predicted octanol–water partition coefficient (Wildman–Crippen LogP) is 1.20. The Morgan fingerprint density at radius 1 is 1.19 bits per heavy atom. The number of aromatic nitrogens is 2. The first-order valence-electron chi connectivity index (χ1n) is 9.79. The summed E-state index contributed by atoms with van der Waals surface area (Å²) in [6.07, 6.45) is 0. The zero-order chi connectivity index (χ0) is 19.2. The van der Waals surface area contributed by atoms with E-state index in [9.17, 15) is 10.2 Å². The zero-order valence-corrected chi connectivity index (χ0v) is 16.4. The number of benzene rings is 1. The van der Waals surface area contributed by atoms with E-state index in [1.165, 1.54) is 5.56 Å². The minimum atomic E-state index is -0.445. The van der Waals surface area contributed by atoms with Crippen LogP contribution < -0.4 is 5.32 Å². The van der Waals surface area contributed by atoms with Crippen molar-refractivity contribution in [2.45, 2.75) is 32.0 Å². The maximum atomic E-state index is 10.6. The number of aryl methyl sites for hydroxylation is 1. The molecule has 2 saturated heterocycles. The third-order valence-electron chi connectivity index (χ3n) is 6.62. The van der Waals surface area contributed by atoms with Crippen molar-refractivity contribution in [2.75, 3.05) is 33.4 Å². The van der Waals surface area contributed by atoms with Crippen LogP contribution in [0.5, 0.6) is 0 Å². The Morgan fingerprint density at radius 3 is 2.59 bits per heavy atom. The number of hydrogen-bond acceptors (Lipinski definition) is 5. The second-order valence-electron chi connectivity index (χ2n) is 8.14. The molecule has 0 bridgehead atoms. The lowest BCUT2D eigenvalue weighted by atomic mass is 9.76. The van der Waals surface area contributed by atoms with E-state index in [1.54, 1.807) is 0 Å². The summed E-state index contributed by atoms with van der Waals surface area (Å²) in [5.41, 5.74) is 4.04. The first kappa shape index (κ1) is 18.6. The Labute approximate surface area is 160 Å². The summed E-state index contributed by atoms with van der Waals surface area (Å²) >= 11 is 0. The molecule has 0 amide bonds. The van der Waals surface area contributed by atoms with Crippen LogP contribution >= 0.6 is 0 Å². The molecule has 1 aromatic carbocycles. The van der Waals surface area contributed by atoms with Crippen molar-refractivity contribution in [1.82, 2.24) is 20.0 Å². The summed E-state index contributed by atoms with van der Waals surface area (Å²) in [6.45, 7) is 6.77. The van der Waals surface area contributed by atoms with E-state index < -0.39 is 5.54 Å². The van der Waals surface area contributed by atoms with Crippen molar-refractivity contribution in [2.24, 2.45) is 11.8 Å². The monoisotopic (exact) mass is 370 g/mol. The molecule has 0 saturated carbocycles. The lowest BCUT2D eigenvalue weighted by Gasteiger charge is -2.35. The summed E-state index contributed by atoms with van der Waals surface area (Å²) in [6, 6.07) is 10.5. The highest BCUT2D eigenvalue weighted by Gasteiger charge is 2.57. The van der Waals surface area contributed by atoms with Crippen molar-refractivity contribution in [3.63, 3.8) is 0 Å². The number of likely N-dealkylation sites (tertiary alicyclic amines) is 1. The van der Waals surface area contributed by atoms with Gasteiger partial charge in [0.2, 0.25) is 0 Å². The van der Waals surface area contributed by atoms with Gasteiger partial charge in [0.25, 0.3) is 0 Å². The molecule has 3 N–H and O–H groups in total. The number of nitrogens with zero attached hydrogens (tertiary/aromatic N) is 3. The topological polar surface area (TPSA) is 73.5 Å². The zero-order valence-electron chi connectivity index (χ0n) is 16.4. The number of nitrogens with one attached hydrogen (secondary N) is 1. The Kier molecular flexibility index (Phi) is 4.84. The maximum Gasteiger partial charge on any atom is 0.0718 e. The van der Waals surface area contributed by atoms with Crippen LogP contribution in [0.1, 0.15) is 28.6 Å². The molecule has 6 heteroatoms. The molecule has 146 valence electrons. The molecule has 2 aliphatic heterocycles. The fourth-order valence-electron chi connectivity index (χ4n) is 5.43. The first-order chi connectivity index (χ1) is 13.0. The molecule has 1 aromatic heterocycles. The molecule has 4 atom stereocenters. The average Bonchev–Trinajstić information content (AvgIpc) is 3.27.